The van der Waals surface area contributed by atoms with Gasteiger partial charge in [-0.05, 0) is 24.8 Å². The van der Waals surface area contributed by atoms with Gasteiger partial charge < -0.3 is 5.32 Å². The fraction of sp³-hybridized carbons (Fsp3) is 0.267. The van der Waals surface area contributed by atoms with Crippen molar-refractivity contribution in [3.05, 3.63) is 53.5 Å². The van der Waals surface area contributed by atoms with Gasteiger partial charge in [-0.25, -0.2) is 5.10 Å². The number of nitrogens with zero attached hydrogens (tertiary/aromatic N) is 2. The number of ketones is 1. The van der Waals surface area contributed by atoms with Crippen LogP contribution < -0.4 is 5.32 Å². The summed E-state index contributed by atoms with van der Waals surface area (Å²) >= 11 is 0. The summed E-state index contributed by atoms with van der Waals surface area (Å²) in [7, 11) is 0. The maximum atomic E-state index is 11.9. The number of allylic oxidation sites excluding steroid dienone is 2. The number of aromatic nitrogens is 3. The third-order valence-corrected chi connectivity index (χ3v) is 3.49. The van der Waals surface area contributed by atoms with Crippen molar-refractivity contribution in [2.24, 2.45) is 0 Å². The molecule has 1 atom stereocenters. The van der Waals surface area contributed by atoms with Crippen LogP contribution in [0.5, 0.6) is 0 Å². The predicted octanol–water partition coefficient (Wildman–Crippen LogP) is 2.56. The highest BCUT2D eigenvalue weighted by Crippen LogP contribution is 2.31. The summed E-state index contributed by atoms with van der Waals surface area (Å²) in [6.45, 7) is 2.06. The topological polar surface area (TPSA) is 70.7 Å². The standard InChI is InChI=1S/C15H16N4O/c1-10-2-4-11(5-3-10)12-6-13(8-14(20)7-12)18-15-16-9-17-19-15/h2-5,8-9,12H,6-7H2,1H3,(H2,16,17,18,19). The molecule has 1 aromatic heterocycles. The van der Waals surface area contributed by atoms with E-state index >= 15 is 0 Å². The van der Waals surface area contributed by atoms with E-state index in [0.717, 1.165) is 12.1 Å². The van der Waals surface area contributed by atoms with Gasteiger partial charge >= 0.3 is 0 Å². The zero-order valence-electron chi connectivity index (χ0n) is 11.3. The molecule has 0 bridgehead atoms. The molecule has 1 heterocycles. The van der Waals surface area contributed by atoms with Crippen LogP contribution in [0.2, 0.25) is 0 Å². The van der Waals surface area contributed by atoms with Crippen LogP contribution in [0.15, 0.2) is 42.4 Å². The Kier molecular flexibility index (Phi) is 3.33. The molecule has 0 spiro atoms. The molecule has 0 saturated carbocycles. The highest BCUT2D eigenvalue weighted by atomic mass is 16.1. The van der Waals surface area contributed by atoms with E-state index in [1.165, 1.54) is 17.5 Å². The molecule has 0 amide bonds. The highest BCUT2D eigenvalue weighted by molar-refractivity contribution is 5.92. The van der Waals surface area contributed by atoms with Gasteiger partial charge in [0.15, 0.2) is 5.78 Å². The van der Waals surface area contributed by atoms with Crippen molar-refractivity contribution in [3.63, 3.8) is 0 Å². The number of hydrogen-bond donors (Lipinski definition) is 2. The molecule has 1 aliphatic rings. The molecule has 2 N–H and O–H groups in total. The SMILES string of the molecule is Cc1ccc(C2CC(=O)C=C(Nc3ncn[nH]3)C2)cc1. The molecule has 1 unspecified atom stereocenters. The van der Waals surface area contributed by atoms with Crippen molar-refractivity contribution in [2.45, 2.75) is 25.7 Å². The number of aromatic amines is 1. The second-order valence-electron chi connectivity index (χ2n) is 5.11. The van der Waals surface area contributed by atoms with Gasteiger partial charge in [0.05, 0.1) is 0 Å². The van der Waals surface area contributed by atoms with Gasteiger partial charge in [-0.1, -0.05) is 29.8 Å². The maximum absolute atomic E-state index is 11.9. The fourth-order valence-corrected chi connectivity index (χ4v) is 2.47. The molecule has 0 fully saturated rings. The van der Waals surface area contributed by atoms with Crippen LogP contribution in [-0.4, -0.2) is 21.0 Å². The van der Waals surface area contributed by atoms with Crippen LogP contribution in [-0.2, 0) is 4.79 Å². The zero-order valence-corrected chi connectivity index (χ0v) is 11.3. The Hall–Kier alpha value is -2.43. The van der Waals surface area contributed by atoms with Gasteiger partial charge in [0, 0.05) is 18.2 Å². The fourth-order valence-electron chi connectivity index (χ4n) is 2.47. The molecular weight excluding hydrogens is 252 g/mol. The molecule has 5 nitrogen and oxygen atoms in total. The van der Waals surface area contributed by atoms with Gasteiger partial charge in [-0.2, -0.15) is 10.1 Å². The molecule has 1 aliphatic carbocycles. The smallest absolute Gasteiger partial charge is 0.222 e. The Morgan fingerprint density at radius 3 is 2.75 bits per heavy atom. The lowest BCUT2D eigenvalue weighted by Gasteiger charge is -2.22. The third-order valence-electron chi connectivity index (χ3n) is 3.49. The lowest BCUT2D eigenvalue weighted by atomic mass is 9.85. The monoisotopic (exact) mass is 268 g/mol. The Morgan fingerprint density at radius 2 is 2.05 bits per heavy atom. The largest absolute Gasteiger partial charge is 0.328 e. The first-order chi connectivity index (χ1) is 9.70. The second kappa shape index (κ2) is 5.28. The van der Waals surface area contributed by atoms with Crippen LogP contribution >= 0.6 is 0 Å². The van der Waals surface area contributed by atoms with Crippen LogP contribution in [0, 0.1) is 6.92 Å². The highest BCUT2D eigenvalue weighted by Gasteiger charge is 2.22. The number of H-pyrrole nitrogens is 1. The normalized spacial score (nSPS) is 18.8. The van der Waals surface area contributed by atoms with E-state index in [0.29, 0.717) is 12.4 Å². The number of nitrogens with one attached hydrogen (secondary N) is 2. The molecule has 2 aromatic rings. The molecular formula is C15H16N4O. The lowest BCUT2D eigenvalue weighted by Crippen LogP contribution is -2.17. The molecule has 1 aromatic carbocycles. The van der Waals surface area contributed by atoms with Crippen molar-refractivity contribution < 1.29 is 4.79 Å². The minimum Gasteiger partial charge on any atom is -0.328 e. The van der Waals surface area contributed by atoms with E-state index in [1.54, 1.807) is 6.08 Å². The van der Waals surface area contributed by atoms with E-state index in [2.05, 4.69) is 51.7 Å². The molecule has 102 valence electrons. The summed E-state index contributed by atoms with van der Waals surface area (Å²) in [6, 6.07) is 8.37. The number of carbonyl (C=O) groups is 1. The van der Waals surface area contributed by atoms with Crippen LogP contribution in [0.4, 0.5) is 5.95 Å². The van der Waals surface area contributed by atoms with Gasteiger partial charge in [-0.3, -0.25) is 4.79 Å². The third kappa shape index (κ3) is 2.77. The average Bonchev–Trinajstić information content (AvgIpc) is 2.91. The van der Waals surface area contributed by atoms with E-state index < -0.39 is 0 Å². The second-order valence-corrected chi connectivity index (χ2v) is 5.11. The summed E-state index contributed by atoms with van der Waals surface area (Å²) in [5, 5.41) is 9.63. The summed E-state index contributed by atoms with van der Waals surface area (Å²) in [5.74, 6) is 0.927. The Bertz CT molecular complexity index is 628. The number of rotatable bonds is 3. The summed E-state index contributed by atoms with van der Waals surface area (Å²) in [6.07, 6.45) is 4.46. The van der Waals surface area contributed by atoms with Crippen molar-refractivity contribution in [2.75, 3.05) is 5.32 Å². The van der Waals surface area contributed by atoms with Crippen molar-refractivity contribution in [3.8, 4) is 0 Å². The van der Waals surface area contributed by atoms with E-state index in [1.807, 2.05) is 0 Å². The summed E-state index contributed by atoms with van der Waals surface area (Å²) in [4.78, 5) is 15.9. The number of hydrogen-bond acceptors (Lipinski definition) is 4. The average molecular weight is 268 g/mol. The molecule has 0 aliphatic heterocycles. The Morgan fingerprint density at radius 1 is 1.25 bits per heavy atom. The minimum absolute atomic E-state index is 0.142. The molecule has 20 heavy (non-hydrogen) atoms. The first kappa shape index (κ1) is 12.6. The van der Waals surface area contributed by atoms with Crippen molar-refractivity contribution in [1.82, 2.24) is 15.2 Å². The van der Waals surface area contributed by atoms with Crippen molar-refractivity contribution >= 4 is 11.7 Å². The first-order valence-electron chi connectivity index (χ1n) is 6.63. The molecule has 0 saturated heterocycles. The van der Waals surface area contributed by atoms with E-state index in [9.17, 15) is 4.79 Å². The lowest BCUT2D eigenvalue weighted by molar-refractivity contribution is -0.115. The van der Waals surface area contributed by atoms with Crippen LogP contribution in [0.25, 0.3) is 0 Å². The number of aryl methyl sites for hydroxylation is 1. The number of anilines is 1. The van der Waals surface area contributed by atoms with Gasteiger partial charge in [0.1, 0.15) is 6.33 Å². The van der Waals surface area contributed by atoms with Crippen LogP contribution in [0.1, 0.15) is 29.9 Å². The quantitative estimate of drug-likeness (QED) is 0.897. The first-order valence-corrected chi connectivity index (χ1v) is 6.63. The summed E-state index contributed by atoms with van der Waals surface area (Å²) in [5.41, 5.74) is 3.31. The molecule has 5 heteroatoms. The van der Waals surface area contributed by atoms with Gasteiger partial charge in [0.2, 0.25) is 5.95 Å². The van der Waals surface area contributed by atoms with E-state index in [4.69, 9.17) is 0 Å². The Labute approximate surface area is 117 Å². The van der Waals surface area contributed by atoms with Crippen molar-refractivity contribution in [1.29, 1.82) is 0 Å². The zero-order chi connectivity index (χ0) is 13.9. The van der Waals surface area contributed by atoms with Gasteiger partial charge in [-0.15, -0.1) is 0 Å². The number of carbonyl (C=O) groups excluding carboxylic acids is 1. The van der Waals surface area contributed by atoms with Gasteiger partial charge in [0.25, 0.3) is 0 Å². The Balaban J connectivity index is 1.77. The molecule has 0 radical (unpaired) electrons. The number of benzene rings is 1. The predicted molar refractivity (Wildman–Crippen MR) is 76.2 cm³/mol. The molecule has 3 rings (SSSR count). The minimum atomic E-state index is 0.142. The summed E-state index contributed by atoms with van der Waals surface area (Å²) < 4.78 is 0. The van der Waals surface area contributed by atoms with Crippen LogP contribution in [0.3, 0.4) is 0 Å². The maximum Gasteiger partial charge on any atom is 0.222 e. The van der Waals surface area contributed by atoms with E-state index in [-0.39, 0.29) is 11.7 Å².